The highest BCUT2D eigenvalue weighted by Gasteiger charge is 2.16. The van der Waals surface area contributed by atoms with Crippen LogP contribution in [0.25, 0.3) is 0 Å². The van der Waals surface area contributed by atoms with E-state index in [2.05, 4.69) is 5.32 Å². The first-order chi connectivity index (χ1) is 5.07. The molecule has 66 valence electrons. The Morgan fingerprint density at radius 2 is 2.18 bits per heavy atom. The standard InChI is InChI=1S/C6H11F2NO2/c1-2-5(11)9-3-4(10)6(7)8/h4,6,10H,2-3H2,1H3,(H,9,11). The Kier molecular flexibility index (Phi) is 4.69. The van der Waals surface area contributed by atoms with Crippen LogP contribution in [-0.2, 0) is 4.79 Å². The second-order valence-electron chi connectivity index (χ2n) is 2.06. The summed E-state index contributed by atoms with van der Waals surface area (Å²) in [4.78, 5) is 10.5. The highest BCUT2D eigenvalue weighted by atomic mass is 19.3. The van der Waals surface area contributed by atoms with E-state index in [0.717, 1.165) is 0 Å². The second-order valence-corrected chi connectivity index (χ2v) is 2.06. The summed E-state index contributed by atoms with van der Waals surface area (Å²) in [6.45, 7) is 1.22. The summed E-state index contributed by atoms with van der Waals surface area (Å²) < 4.78 is 23.2. The topological polar surface area (TPSA) is 49.3 Å². The largest absolute Gasteiger partial charge is 0.385 e. The molecule has 0 aliphatic rings. The Morgan fingerprint density at radius 3 is 2.55 bits per heavy atom. The normalized spacial score (nSPS) is 13.2. The van der Waals surface area contributed by atoms with E-state index in [0.29, 0.717) is 0 Å². The number of aliphatic hydroxyl groups is 1. The summed E-state index contributed by atoms with van der Waals surface area (Å²) in [7, 11) is 0. The van der Waals surface area contributed by atoms with Gasteiger partial charge in [0.2, 0.25) is 5.91 Å². The smallest absolute Gasteiger partial charge is 0.265 e. The summed E-state index contributed by atoms with van der Waals surface area (Å²) in [5.74, 6) is -0.343. The lowest BCUT2D eigenvalue weighted by atomic mass is 10.3. The number of halogens is 2. The van der Waals surface area contributed by atoms with Crippen molar-refractivity contribution in [1.29, 1.82) is 0 Å². The Morgan fingerprint density at radius 1 is 1.64 bits per heavy atom. The summed E-state index contributed by atoms with van der Waals surface area (Å²) in [5, 5.41) is 10.7. The van der Waals surface area contributed by atoms with Crippen LogP contribution in [0.5, 0.6) is 0 Å². The molecule has 0 aromatic carbocycles. The molecule has 0 aromatic rings. The van der Waals surface area contributed by atoms with E-state index >= 15 is 0 Å². The van der Waals surface area contributed by atoms with Gasteiger partial charge in [0, 0.05) is 13.0 Å². The number of hydrogen-bond acceptors (Lipinski definition) is 2. The maximum atomic E-state index is 11.6. The van der Waals surface area contributed by atoms with Crippen molar-refractivity contribution < 1.29 is 18.7 Å². The van der Waals surface area contributed by atoms with Crippen molar-refractivity contribution in [2.75, 3.05) is 6.54 Å². The molecule has 1 unspecified atom stereocenters. The first kappa shape index (κ1) is 10.3. The molecule has 1 atom stereocenters. The molecule has 0 spiro atoms. The molecule has 0 aliphatic heterocycles. The lowest BCUT2D eigenvalue weighted by Crippen LogP contribution is -2.35. The van der Waals surface area contributed by atoms with Gasteiger partial charge in [0.1, 0.15) is 6.10 Å². The van der Waals surface area contributed by atoms with Crippen LogP contribution in [0.1, 0.15) is 13.3 Å². The molecule has 5 heteroatoms. The van der Waals surface area contributed by atoms with Gasteiger partial charge in [0.05, 0.1) is 0 Å². The zero-order valence-electron chi connectivity index (χ0n) is 6.18. The third kappa shape index (κ3) is 4.66. The molecule has 0 rings (SSSR count). The van der Waals surface area contributed by atoms with Crippen molar-refractivity contribution in [3.05, 3.63) is 0 Å². The summed E-state index contributed by atoms with van der Waals surface area (Å²) >= 11 is 0. The molecule has 0 bridgehead atoms. The van der Waals surface area contributed by atoms with E-state index in [1.807, 2.05) is 0 Å². The van der Waals surface area contributed by atoms with Gasteiger partial charge in [-0.3, -0.25) is 4.79 Å². The highest BCUT2D eigenvalue weighted by molar-refractivity contribution is 5.75. The lowest BCUT2D eigenvalue weighted by molar-refractivity contribution is -0.121. The van der Waals surface area contributed by atoms with Crippen LogP contribution in [-0.4, -0.2) is 30.1 Å². The van der Waals surface area contributed by atoms with E-state index in [9.17, 15) is 13.6 Å². The van der Waals surface area contributed by atoms with Crippen LogP contribution < -0.4 is 5.32 Å². The van der Waals surface area contributed by atoms with Crippen LogP contribution in [0.2, 0.25) is 0 Å². The second kappa shape index (κ2) is 5.01. The van der Waals surface area contributed by atoms with Crippen LogP contribution in [0.3, 0.4) is 0 Å². The fourth-order valence-corrected chi connectivity index (χ4v) is 0.432. The van der Waals surface area contributed by atoms with Gasteiger partial charge in [-0.05, 0) is 0 Å². The molecule has 0 radical (unpaired) electrons. The van der Waals surface area contributed by atoms with Gasteiger partial charge >= 0.3 is 0 Å². The van der Waals surface area contributed by atoms with Gasteiger partial charge in [0.15, 0.2) is 0 Å². The van der Waals surface area contributed by atoms with Gasteiger partial charge < -0.3 is 10.4 Å². The predicted molar refractivity (Wildman–Crippen MR) is 35.3 cm³/mol. The zero-order valence-corrected chi connectivity index (χ0v) is 6.18. The fraction of sp³-hybridized carbons (Fsp3) is 0.833. The van der Waals surface area contributed by atoms with Crippen LogP contribution in [0.4, 0.5) is 8.78 Å². The van der Waals surface area contributed by atoms with E-state index in [4.69, 9.17) is 5.11 Å². The average Bonchev–Trinajstić information content (AvgIpc) is 1.99. The van der Waals surface area contributed by atoms with Crippen LogP contribution in [0, 0.1) is 0 Å². The lowest BCUT2D eigenvalue weighted by Gasteiger charge is -2.09. The van der Waals surface area contributed by atoms with Crippen molar-refractivity contribution >= 4 is 5.91 Å². The van der Waals surface area contributed by atoms with E-state index in [1.54, 1.807) is 6.92 Å². The zero-order chi connectivity index (χ0) is 8.85. The van der Waals surface area contributed by atoms with Gasteiger partial charge in [-0.15, -0.1) is 0 Å². The maximum Gasteiger partial charge on any atom is 0.265 e. The molecular formula is C6H11F2NO2. The Balaban J connectivity index is 3.45. The van der Waals surface area contributed by atoms with Gasteiger partial charge in [-0.2, -0.15) is 0 Å². The molecule has 0 fully saturated rings. The Bertz CT molecular complexity index is 130. The third-order valence-corrected chi connectivity index (χ3v) is 1.12. The van der Waals surface area contributed by atoms with E-state index in [-0.39, 0.29) is 18.9 Å². The number of aliphatic hydroxyl groups excluding tert-OH is 1. The van der Waals surface area contributed by atoms with Crippen molar-refractivity contribution in [2.45, 2.75) is 25.9 Å². The molecule has 0 aromatic heterocycles. The monoisotopic (exact) mass is 167 g/mol. The van der Waals surface area contributed by atoms with Crippen LogP contribution >= 0.6 is 0 Å². The van der Waals surface area contributed by atoms with E-state index < -0.39 is 12.5 Å². The van der Waals surface area contributed by atoms with Crippen LogP contribution in [0.15, 0.2) is 0 Å². The molecular weight excluding hydrogens is 156 g/mol. The fourth-order valence-electron chi connectivity index (χ4n) is 0.432. The van der Waals surface area contributed by atoms with Gasteiger partial charge in [-0.25, -0.2) is 8.78 Å². The number of rotatable bonds is 4. The number of alkyl halides is 2. The van der Waals surface area contributed by atoms with Crippen molar-refractivity contribution in [3.8, 4) is 0 Å². The molecule has 0 saturated heterocycles. The summed E-state index contributed by atoms with van der Waals surface area (Å²) in [6, 6.07) is 0. The Labute approximate surface area is 63.4 Å². The SMILES string of the molecule is CCC(=O)NCC(O)C(F)F. The van der Waals surface area contributed by atoms with E-state index in [1.165, 1.54) is 0 Å². The molecule has 11 heavy (non-hydrogen) atoms. The van der Waals surface area contributed by atoms with Crippen molar-refractivity contribution in [2.24, 2.45) is 0 Å². The first-order valence-corrected chi connectivity index (χ1v) is 3.30. The minimum atomic E-state index is -2.80. The number of carbonyl (C=O) groups excluding carboxylic acids is 1. The average molecular weight is 167 g/mol. The number of carbonyl (C=O) groups is 1. The van der Waals surface area contributed by atoms with Gasteiger partial charge in [-0.1, -0.05) is 6.92 Å². The minimum absolute atomic E-state index is 0.232. The number of nitrogens with one attached hydrogen (secondary N) is 1. The Hall–Kier alpha value is -0.710. The third-order valence-electron chi connectivity index (χ3n) is 1.12. The maximum absolute atomic E-state index is 11.6. The quantitative estimate of drug-likeness (QED) is 0.625. The molecule has 3 nitrogen and oxygen atoms in total. The number of hydrogen-bond donors (Lipinski definition) is 2. The van der Waals surface area contributed by atoms with Gasteiger partial charge in [0.25, 0.3) is 6.43 Å². The predicted octanol–water partition coefficient (Wildman–Crippen LogP) is 0.139. The molecule has 2 N–H and O–H groups in total. The molecule has 0 aliphatic carbocycles. The molecule has 0 heterocycles. The van der Waals surface area contributed by atoms with Crippen molar-refractivity contribution in [3.63, 3.8) is 0 Å². The summed E-state index contributed by atoms with van der Waals surface area (Å²) in [5.41, 5.74) is 0. The van der Waals surface area contributed by atoms with Crippen molar-refractivity contribution in [1.82, 2.24) is 5.32 Å². The number of amides is 1. The highest BCUT2D eigenvalue weighted by Crippen LogP contribution is 1.98. The first-order valence-electron chi connectivity index (χ1n) is 3.30. The molecule has 1 amide bonds. The minimum Gasteiger partial charge on any atom is -0.385 e. The molecule has 0 saturated carbocycles. The summed E-state index contributed by atoms with van der Waals surface area (Å²) in [6.07, 6.45) is -4.33.